The number of anilines is 1. The highest BCUT2D eigenvalue weighted by atomic mass is 16.5. The first-order valence-corrected chi connectivity index (χ1v) is 13.2. The van der Waals surface area contributed by atoms with Crippen molar-refractivity contribution in [3.63, 3.8) is 0 Å². The third kappa shape index (κ3) is 9.29. The van der Waals surface area contributed by atoms with Crippen molar-refractivity contribution in [3.05, 3.63) is 24.3 Å². The molecule has 1 heterocycles. The van der Waals surface area contributed by atoms with Gasteiger partial charge in [0.1, 0.15) is 11.4 Å². The maximum Gasteiger partial charge on any atom is 0.256 e. The summed E-state index contributed by atoms with van der Waals surface area (Å²) in [5.41, 5.74) is -0.00878. The van der Waals surface area contributed by atoms with Crippen molar-refractivity contribution in [2.45, 2.75) is 98.1 Å². The minimum atomic E-state index is -0.793. The van der Waals surface area contributed by atoms with Crippen LogP contribution in [0.25, 0.3) is 0 Å². The van der Waals surface area contributed by atoms with Crippen LogP contribution >= 0.6 is 0 Å². The lowest BCUT2D eigenvalue weighted by atomic mass is 9.83. The van der Waals surface area contributed by atoms with E-state index >= 15 is 0 Å². The number of carbonyl (C=O) groups excluding carboxylic acids is 1. The molecule has 33 heavy (non-hydrogen) atoms. The number of rotatable bonds is 14. The number of likely N-dealkylation sites (tertiary alicyclic amines) is 1. The van der Waals surface area contributed by atoms with Crippen molar-refractivity contribution in [3.8, 4) is 5.75 Å². The molecule has 188 valence electrons. The Kier molecular flexibility index (Phi) is 11.7. The fourth-order valence-electron chi connectivity index (χ4n) is 4.90. The van der Waals surface area contributed by atoms with Gasteiger partial charge in [0, 0.05) is 24.9 Å². The predicted molar refractivity (Wildman–Crippen MR) is 138 cm³/mol. The maximum absolute atomic E-state index is 13.4. The maximum atomic E-state index is 13.4. The molecule has 1 aliphatic heterocycles. The first kappa shape index (κ1) is 27.7. The molecule has 0 bridgehead atoms. The van der Waals surface area contributed by atoms with Gasteiger partial charge in [0.15, 0.2) is 0 Å². The molecule has 5 nitrogen and oxygen atoms in total. The Morgan fingerprint density at radius 2 is 1.76 bits per heavy atom. The SMILES string of the molecule is CCCOC(CC(C)C)(CC(C)C)C(=O)Nc1ccc(OCCCN2CCCCC2C)cc1. The minimum absolute atomic E-state index is 0.0392. The van der Waals surface area contributed by atoms with Crippen LogP contribution in [0.3, 0.4) is 0 Å². The Morgan fingerprint density at radius 1 is 1.09 bits per heavy atom. The van der Waals surface area contributed by atoms with Gasteiger partial charge in [-0.25, -0.2) is 0 Å². The standard InChI is InChI=1S/C28H48N2O3/c1-7-18-33-28(20-22(2)3,21-23(4)5)27(31)29-25-12-14-26(15-13-25)32-19-10-17-30-16-9-8-11-24(30)6/h12-15,22-24H,7-11,16-21H2,1-6H3,(H,29,31). The van der Waals surface area contributed by atoms with Crippen molar-refractivity contribution >= 4 is 11.6 Å². The molecule has 0 aromatic heterocycles. The molecule has 1 saturated heterocycles. The minimum Gasteiger partial charge on any atom is -0.494 e. The molecule has 5 heteroatoms. The molecule has 1 unspecified atom stereocenters. The Balaban J connectivity index is 1.91. The summed E-state index contributed by atoms with van der Waals surface area (Å²) in [4.78, 5) is 16.0. The lowest BCUT2D eigenvalue weighted by molar-refractivity contribution is -0.147. The van der Waals surface area contributed by atoms with Crippen molar-refractivity contribution in [1.82, 2.24) is 4.90 Å². The van der Waals surface area contributed by atoms with Crippen LogP contribution in [0, 0.1) is 11.8 Å². The number of carbonyl (C=O) groups is 1. The van der Waals surface area contributed by atoms with E-state index in [0.717, 1.165) is 30.8 Å². The van der Waals surface area contributed by atoms with E-state index in [4.69, 9.17) is 9.47 Å². The van der Waals surface area contributed by atoms with Gasteiger partial charge in [-0.2, -0.15) is 0 Å². The van der Waals surface area contributed by atoms with Gasteiger partial charge in [0.05, 0.1) is 6.61 Å². The Labute approximate surface area is 202 Å². The summed E-state index contributed by atoms with van der Waals surface area (Å²) in [6.45, 7) is 16.6. The molecule has 1 aromatic rings. The Bertz CT molecular complexity index is 677. The zero-order valence-corrected chi connectivity index (χ0v) is 22.0. The molecule has 0 saturated carbocycles. The Hall–Kier alpha value is -1.59. The smallest absolute Gasteiger partial charge is 0.256 e. The monoisotopic (exact) mass is 460 g/mol. The second-order valence-electron chi connectivity index (χ2n) is 10.6. The van der Waals surface area contributed by atoms with Crippen LogP contribution in [0.1, 0.15) is 86.5 Å². The van der Waals surface area contributed by atoms with Crippen molar-refractivity contribution in [1.29, 1.82) is 0 Å². The lowest BCUT2D eigenvalue weighted by Crippen LogP contribution is -2.47. The summed E-state index contributed by atoms with van der Waals surface area (Å²) in [6, 6.07) is 8.43. The molecule has 1 N–H and O–H groups in total. The van der Waals surface area contributed by atoms with Crippen LogP contribution in [0.5, 0.6) is 5.75 Å². The van der Waals surface area contributed by atoms with Gasteiger partial charge in [-0.3, -0.25) is 4.79 Å². The van der Waals surface area contributed by atoms with E-state index in [1.165, 1.54) is 25.8 Å². The van der Waals surface area contributed by atoms with Gasteiger partial charge in [-0.05, 0) is 88.1 Å². The molecule has 1 atom stereocenters. The Morgan fingerprint density at radius 3 is 2.33 bits per heavy atom. The number of hydrogen-bond acceptors (Lipinski definition) is 4. The van der Waals surface area contributed by atoms with Crippen LogP contribution in [-0.2, 0) is 9.53 Å². The first-order valence-electron chi connectivity index (χ1n) is 13.2. The number of benzene rings is 1. The van der Waals surface area contributed by atoms with E-state index in [1.54, 1.807) is 0 Å². The van der Waals surface area contributed by atoms with Crippen molar-refractivity contribution < 1.29 is 14.3 Å². The molecule has 1 fully saturated rings. The third-order valence-corrected chi connectivity index (χ3v) is 6.38. The van der Waals surface area contributed by atoms with E-state index in [9.17, 15) is 4.79 Å². The number of nitrogens with one attached hydrogen (secondary N) is 1. The zero-order valence-electron chi connectivity index (χ0n) is 22.0. The molecule has 0 radical (unpaired) electrons. The topological polar surface area (TPSA) is 50.8 Å². The van der Waals surface area contributed by atoms with E-state index in [-0.39, 0.29) is 5.91 Å². The normalized spacial score (nSPS) is 17.5. The molecule has 1 aliphatic rings. The zero-order chi connectivity index (χ0) is 24.3. The number of piperidine rings is 1. The van der Waals surface area contributed by atoms with Crippen molar-refractivity contribution in [2.75, 3.05) is 31.6 Å². The largest absolute Gasteiger partial charge is 0.494 e. The number of ether oxygens (including phenoxy) is 2. The lowest BCUT2D eigenvalue weighted by Gasteiger charge is -2.35. The average molecular weight is 461 g/mol. The van der Waals surface area contributed by atoms with E-state index in [1.807, 2.05) is 24.3 Å². The van der Waals surface area contributed by atoms with Crippen LogP contribution in [-0.4, -0.2) is 48.8 Å². The number of amides is 1. The molecule has 0 aliphatic carbocycles. The third-order valence-electron chi connectivity index (χ3n) is 6.38. The van der Waals surface area contributed by atoms with Gasteiger partial charge in [-0.15, -0.1) is 0 Å². The number of hydrogen-bond donors (Lipinski definition) is 1. The molecule has 0 spiro atoms. The average Bonchev–Trinajstić information content (AvgIpc) is 2.76. The van der Waals surface area contributed by atoms with Crippen LogP contribution in [0.2, 0.25) is 0 Å². The van der Waals surface area contributed by atoms with E-state index < -0.39 is 5.60 Å². The van der Waals surface area contributed by atoms with Crippen molar-refractivity contribution in [2.24, 2.45) is 11.8 Å². The second-order valence-corrected chi connectivity index (χ2v) is 10.6. The summed E-state index contributed by atoms with van der Waals surface area (Å²) in [5.74, 6) is 1.55. The molecular weight excluding hydrogens is 412 g/mol. The van der Waals surface area contributed by atoms with Crippen LogP contribution < -0.4 is 10.1 Å². The quantitative estimate of drug-likeness (QED) is 0.321. The fourth-order valence-corrected chi connectivity index (χ4v) is 4.90. The molecule has 1 aromatic carbocycles. The second kappa shape index (κ2) is 14.0. The summed E-state index contributed by atoms with van der Waals surface area (Å²) >= 11 is 0. The van der Waals surface area contributed by atoms with Gasteiger partial charge >= 0.3 is 0 Å². The van der Waals surface area contributed by atoms with Gasteiger partial charge in [0.25, 0.3) is 5.91 Å². The summed E-state index contributed by atoms with van der Waals surface area (Å²) in [5, 5.41) is 3.12. The highest BCUT2D eigenvalue weighted by Gasteiger charge is 2.40. The van der Waals surface area contributed by atoms with Gasteiger partial charge in [-0.1, -0.05) is 41.0 Å². The molecular formula is C28H48N2O3. The summed E-state index contributed by atoms with van der Waals surface area (Å²) in [7, 11) is 0. The highest BCUT2D eigenvalue weighted by molar-refractivity contribution is 5.97. The first-order chi connectivity index (χ1) is 15.8. The fraction of sp³-hybridized carbons (Fsp3) is 0.750. The van der Waals surface area contributed by atoms with E-state index in [2.05, 4.69) is 51.8 Å². The van der Waals surface area contributed by atoms with Gasteiger partial charge in [0.2, 0.25) is 0 Å². The van der Waals surface area contributed by atoms with Crippen LogP contribution in [0.15, 0.2) is 24.3 Å². The summed E-state index contributed by atoms with van der Waals surface area (Å²) < 4.78 is 12.2. The highest BCUT2D eigenvalue weighted by Crippen LogP contribution is 2.31. The van der Waals surface area contributed by atoms with Crippen LogP contribution in [0.4, 0.5) is 5.69 Å². The van der Waals surface area contributed by atoms with E-state index in [0.29, 0.717) is 43.9 Å². The molecule has 2 rings (SSSR count). The molecule has 1 amide bonds. The predicted octanol–water partition coefficient (Wildman–Crippen LogP) is 6.53. The summed E-state index contributed by atoms with van der Waals surface area (Å²) in [6.07, 6.45) is 7.35. The number of nitrogens with zero attached hydrogens (tertiary/aromatic N) is 1. The van der Waals surface area contributed by atoms with Gasteiger partial charge < -0.3 is 19.7 Å².